The first kappa shape index (κ1) is 29.7. The summed E-state index contributed by atoms with van der Waals surface area (Å²) in [6.45, 7) is 4.45. The summed E-state index contributed by atoms with van der Waals surface area (Å²) in [5, 5.41) is 9.81. The summed E-state index contributed by atoms with van der Waals surface area (Å²) in [6.07, 6.45) is -2.92. The van der Waals surface area contributed by atoms with Gasteiger partial charge in [0.25, 0.3) is 0 Å². The molecule has 0 amide bonds. The number of rotatable bonds is 9. The SMILES string of the molecule is CC(=O)OC[C@H]1O[C@@H](c2ccc(C#N)c(Cc3ccc(C4CC4)cc3)c2)[C@H](OC(C)=O)C(OC(C)=O)[C@@H]1OC(C)=O. The molecule has 41 heavy (non-hydrogen) atoms. The Morgan fingerprint density at radius 1 is 0.805 bits per heavy atom. The van der Waals surface area contributed by atoms with Crippen LogP contribution in [0.15, 0.2) is 42.5 Å². The Labute approximate surface area is 238 Å². The van der Waals surface area contributed by atoms with Crippen molar-refractivity contribution in [1.29, 1.82) is 5.26 Å². The van der Waals surface area contributed by atoms with Gasteiger partial charge in [0.1, 0.15) is 18.8 Å². The van der Waals surface area contributed by atoms with E-state index < -0.39 is 54.4 Å². The zero-order valence-corrected chi connectivity index (χ0v) is 23.5. The van der Waals surface area contributed by atoms with Crippen molar-refractivity contribution in [3.63, 3.8) is 0 Å². The van der Waals surface area contributed by atoms with Crippen LogP contribution in [-0.4, -0.2) is 54.9 Å². The van der Waals surface area contributed by atoms with E-state index in [4.69, 9.17) is 23.7 Å². The van der Waals surface area contributed by atoms with Gasteiger partial charge in [-0.25, -0.2) is 0 Å². The lowest BCUT2D eigenvalue weighted by Gasteiger charge is -2.44. The summed E-state index contributed by atoms with van der Waals surface area (Å²) in [5.41, 5.74) is 4.04. The van der Waals surface area contributed by atoms with Crippen molar-refractivity contribution in [3.05, 3.63) is 70.3 Å². The van der Waals surface area contributed by atoms with Crippen LogP contribution in [0.4, 0.5) is 0 Å². The fraction of sp³-hybridized carbons (Fsp3) is 0.452. The third-order valence-corrected chi connectivity index (χ3v) is 6.99. The number of ether oxygens (including phenoxy) is 5. The first-order valence-electron chi connectivity index (χ1n) is 13.5. The molecule has 0 bridgehead atoms. The fourth-order valence-electron chi connectivity index (χ4n) is 5.09. The number of nitriles is 1. The van der Waals surface area contributed by atoms with Gasteiger partial charge in [0.05, 0.1) is 11.6 Å². The molecular weight excluding hydrogens is 530 g/mol. The molecule has 0 aromatic heterocycles. The number of benzene rings is 2. The molecule has 2 aromatic rings. The molecule has 10 heteroatoms. The van der Waals surface area contributed by atoms with E-state index in [1.165, 1.54) is 46.1 Å². The van der Waals surface area contributed by atoms with E-state index in [2.05, 4.69) is 30.3 Å². The summed E-state index contributed by atoms with van der Waals surface area (Å²) in [4.78, 5) is 47.9. The molecular formula is C31H33NO9. The second-order valence-electron chi connectivity index (χ2n) is 10.3. The fourth-order valence-corrected chi connectivity index (χ4v) is 5.09. The van der Waals surface area contributed by atoms with Crippen LogP contribution in [-0.2, 0) is 49.3 Å². The molecule has 4 rings (SSSR count). The predicted octanol–water partition coefficient (Wildman–Crippen LogP) is 3.82. The minimum absolute atomic E-state index is 0.315. The summed E-state index contributed by atoms with van der Waals surface area (Å²) in [7, 11) is 0. The molecule has 5 atom stereocenters. The van der Waals surface area contributed by atoms with Gasteiger partial charge in [0, 0.05) is 27.7 Å². The van der Waals surface area contributed by atoms with Crippen molar-refractivity contribution in [2.75, 3.05) is 6.61 Å². The minimum Gasteiger partial charge on any atom is -0.463 e. The number of carbonyl (C=O) groups excluding carboxylic acids is 4. The maximum absolute atomic E-state index is 12.2. The van der Waals surface area contributed by atoms with Gasteiger partial charge >= 0.3 is 23.9 Å². The van der Waals surface area contributed by atoms with Crippen LogP contribution in [0.1, 0.15) is 80.4 Å². The quantitative estimate of drug-likeness (QED) is 0.327. The van der Waals surface area contributed by atoms with E-state index in [-0.39, 0.29) is 6.61 Å². The molecule has 1 aliphatic carbocycles. The van der Waals surface area contributed by atoms with Crippen molar-refractivity contribution >= 4 is 23.9 Å². The number of nitrogens with zero attached hydrogens (tertiary/aromatic N) is 1. The summed E-state index contributed by atoms with van der Waals surface area (Å²) in [6, 6.07) is 15.7. The molecule has 1 aliphatic heterocycles. The number of esters is 4. The molecule has 10 nitrogen and oxygen atoms in total. The number of hydrogen-bond donors (Lipinski definition) is 0. The molecule has 2 fully saturated rings. The van der Waals surface area contributed by atoms with Crippen molar-refractivity contribution in [1.82, 2.24) is 0 Å². The Morgan fingerprint density at radius 3 is 1.95 bits per heavy atom. The average Bonchev–Trinajstić information content (AvgIpc) is 3.75. The zero-order valence-electron chi connectivity index (χ0n) is 23.5. The van der Waals surface area contributed by atoms with Gasteiger partial charge in [-0.15, -0.1) is 0 Å². The number of hydrogen-bond acceptors (Lipinski definition) is 10. The first-order valence-corrected chi connectivity index (χ1v) is 13.5. The highest BCUT2D eigenvalue weighted by molar-refractivity contribution is 5.69. The summed E-state index contributed by atoms with van der Waals surface area (Å²) < 4.78 is 28.1. The van der Waals surface area contributed by atoms with Crippen LogP contribution in [0.3, 0.4) is 0 Å². The van der Waals surface area contributed by atoms with Crippen LogP contribution < -0.4 is 0 Å². The van der Waals surface area contributed by atoms with Gasteiger partial charge in [-0.05, 0) is 53.5 Å². The highest BCUT2D eigenvalue weighted by atomic mass is 16.7. The second kappa shape index (κ2) is 13.0. The van der Waals surface area contributed by atoms with E-state index in [9.17, 15) is 24.4 Å². The van der Waals surface area contributed by atoms with Crippen molar-refractivity contribution in [2.45, 2.75) is 83.4 Å². The van der Waals surface area contributed by atoms with Gasteiger partial charge in [-0.2, -0.15) is 5.26 Å². The third-order valence-electron chi connectivity index (χ3n) is 6.99. The van der Waals surface area contributed by atoms with E-state index in [1.807, 2.05) is 0 Å². The Kier molecular flexibility index (Phi) is 9.40. The lowest BCUT2D eigenvalue weighted by atomic mass is 9.88. The van der Waals surface area contributed by atoms with Crippen molar-refractivity contribution in [2.24, 2.45) is 0 Å². The van der Waals surface area contributed by atoms with Crippen molar-refractivity contribution < 1.29 is 42.9 Å². The standard InChI is InChI=1S/C31H33NO9/c1-17(33)37-16-27-29(38-18(2)34)31(40-20(4)36)30(39-19(3)35)28(41-27)24-11-12-25(15-32)26(14-24)13-21-5-7-22(8-6-21)23-9-10-23/h5-8,11-12,14,23,27-31H,9-10,13,16H2,1-4H3/t27-,28+,29-,30+,31?/m1/s1. The highest BCUT2D eigenvalue weighted by Gasteiger charge is 2.52. The molecule has 0 N–H and O–H groups in total. The van der Waals surface area contributed by atoms with Gasteiger partial charge in [-0.1, -0.05) is 36.4 Å². The minimum atomic E-state index is -1.27. The largest absolute Gasteiger partial charge is 0.463 e. The normalized spacial score (nSPS) is 23.5. The third kappa shape index (κ3) is 7.70. The van der Waals surface area contributed by atoms with Crippen LogP contribution in [0.5, 0.6) is 0 Å². The lowest BCUT2D eigenvalue weighted by Crippen LogP contribution is -2.59. The average molecular weight is 564 g/mol. The molecule has 2 aromatic carbocycles. The molecule has 1 heterocycles. The maximum Gasteiger partial charge on any atom is 0.303 e. The first-order chi connectivity index (χ1) is 19.5. The summed E-state index contributed by atoms with van der Waals surface area (Å²) >= 11 is 0. The van der Waals surface area contributed by atoms with Crippen LogP contribution in [0.2, 0.25) is 0 Å². The molecule has 2 aliphatic rings. The molecule has 1 saturated carbocycles. The topological polar surface area (TPSA) is 138 Å². The Balaban J connectivity index is 1.73. The van der Waals surface area contributed by atoms with Gasteiger partial charge < -0.3 is 23.7 Å². The van der Waals surface area contributed by atoms with Gasteiger partial charge in [-0.3, -0.25) is 19.2 Å². The number of carbonyl (C=O) groups is 4. The molecule has 0 spiro atoms. The van der Waals surface area contributed by atoms with Gasteiger partial charge in [0.2, 0.25) is 0 Å². The lowest BCUT2D eigenvalue weighted by molar-refractivity contribution is -0.254. The molecule has 1 unspecified atom stereocenters. The van der Waals surface area contributed by atoms with Gasteiger partial charge in [0.15, 0.2) is 18.3 Å². The van der Waals surface area contributed by atoms with Crippen LogP contribution in [0, 0.1) is 11.3 Å². The Morgan fingerprint density at radius 2 is 1.39 bits per heavy atom. The van der Waals surface area contributed by atoms with Crippen molar-refractivity contribution in [3.8, 4) is 6.07 Å². The van der Waals surface area contributed by atoms with Crippen LogP contribution in [0.25, 0.3) is 0 Å². The molecule has 1 saturated heterocycles. The van der Waals surface area contributed by atoms with E-state index >= 15 is 0 Å². The molecule has 0 radical (unpaired) electrons. The van der Waals surface area contributed by atoms with E-state index in [0.29, 0.717) is 23.5 Å². The Hall–Kier alpha value is -4.23. The molecule has 216 valence electrons. The highest BCUT2D eigenvalue weighted by Crippen LogP contribution is 2.40. The Bertz CT molecular complexity index is 1340. The monoisotopic (exact) mass is 563 g/mol. The van der Waals surface area contributed by atoms with E-state index in [1.54, 1.807) is 18.2 Å². The van der Waals surface area contributed by atoms with Crippen LogP contribution >= 0.6 is 0 Å². The summed E-state index contributed by atoms with van der Waals surface area (Å²) in [5.74, 6) is -2.04. The predicted molar refractivity (Wildman–Crippen MR) is 143 cm³/mol. The van der Waals surface area contributed by atoms with E-state index in [0.717, 1.165) is 11.1 Å². The zero-order chi connectivity index (χ0) is 29.7. The smallest absolute Gasteiger partial charge is 0.303 e. The second-order valence-corrected chi connectivity index (χ2v) is 10.3. The maximum atomic E-state index is 12.2.